The molecule has 0 aromatic carbocycles. The van der Waals surface area contributed by atoms with Gasteiger partial charge in [0.2, 0.25) is 0 Å². The van der Waals surface area contributed by atoms with Crippen molar-refractivity contribution in [1.29, 1.82) is 0 Å². The average Bonchev–Trinajstić information content (AvgIpc) is 3.22. The molecule has 8 heteroatoms. The van der Waals surface area contributed by atoms with Gasteiger partial charge in [0.25, 0.3) is 0 Å². The fraction of sp³-hybridized carbons (Fsp3) is 0.611. The summed E-state index contributed by atoms with van der Waals surface area (Å²) in [6, 6.07) is 0.202. The van der Waals surface area contributed by atoms with E-state index < -0.39 is 0 Å². The van der Waals surface area contributed by atoms with Crippen LogP contribution in [0.1, 0.15) is 31.4 Å². The van der Waals surface area contributed by atoms with Crippen molar-refractivity contribution in [2.75, 3.05) is 32.0 Å². The predicted octanol–water partition coefficient (Wildman–Crippen LogP) is 2.09. The second-order valence-corrected chi connectivity index (χ2v) is 7.14. The molecule has 0 saturated carbocycles. The number of likely N-dealkylation sites (tertiary alicyclic amines) is 1. The summed E-state index contributed by atoms with van der Waals surface area (Å²) in [5, 5.41) is 11.4. The van der Waals surface area contributed by atoms with Gasteiger partial charge in [-0.15, -0.1) is 0 Å². The third-order valence-corrected chi connectivity index (χ3v) is 5.14. The molecule has 2 aromatic heterocycles. The first-order valence-electron chi connectivity index (χ1n) is 9.21. The number of anilines is 1. The second kappa shape index (κ2) is 7.90. The van der Waals surface area contributed by atoms with E-state index in [2.05, 4.69) is 33.5 Å². The molecule has 1 aliphatic heterocycles. The normalized spacial score (nSPS) is 20.9. The van der Waals surface area contributed by atoms with Crippen LogP contribution in [0.4, 0.5) is 10.5 Å². The van der Waals surface area contributed by atoms with Gasteiger partial charge in [-0.1, -0.05) is 6.92 Å². The first-order chi connectivity index (χ1) is 12.5. The lowest BCUT2D eigenvalue weighted by Gasteiger charge is -2.41. The molecule has 3 rings (SSSR count). The molecule has 0 radical (unpaired) electrons. The summed E-state index contributed by atoms with van der Waals surface area (Å²) < 4.78 is 3.53. The molecule has 2 aromatic rings. The average molecular weight is 359 g/mol. The molecule has 0 spiro atoms. The van der Waals surface area contributed by atoms with Crippen molar-refractivity contribution in [2.45, 2.75) is 25.8 Å². The fourth-order valence-corrected chi connectivity index (χ4v) is 3.91. The molecule has 1 fully saturated rings. The summed E-state index contributed by atoms with van der Waals surface area (Å²) in [7, 11) is 5.64. The Bertz CT molecular complexity index is 737. The van der Waals surface area contributed by atoms with E-state index in [1.807, 2.05) is 32.0 Å². The Morgan fingerprint density at radius 3 is 2.62 bits per heavy atom. The molecule has 3 heterocycles. The first-order valence-corrected chi connectivity index (χ1v) is 9.21. The van der Waals surface area contributed by atoms with E-state index in [4.69, 9.17) is 0 Å². The van der Waals surface area contributed by atoms with Crippen molar-refractivity contribution in [3.05, 3.63) is 30.4 Å². The minimum atomic E-state index is -0.100. The highest BCUT2D eigenvalue weighted by atomic mass is 16.2. The summed E-state index contributed by atoms with van der Waals surface area (Å²) in [5.74, 6) is 0.387. The van der Waals surface area contributed by atoms with Gasteiger partial charge in [0, 0.05) is 51.7 Å². The SMILES string of the molecule is CCN1CCC[C@@H](CN(C)C(=O)Nc2cnn(C)c2)[C@@H]1c1cnn(C)c1. The van der Waals surface area contributed by atoms with E-state index in [1.54, 1.807) is 22.0 Å². The number of amides is 2. The number of piperidine rings is 1. The minimum absolute atomic E-state index is 0.100. The molecule has 0 aliphatic carbocycles. The third-order valence-electron chi connectivity index (χ3n) is 5.14. The van der Waals surface area contributed by atoms with Gasteiger partial charge in [0.05, 0.1) is 18.1 Å². The topological polar surface area (TPSA) is 71.2 Å². The van der Waals surface area contributed by atoms with E-state index in [-0.39, 0.29) is 6.03 Å². The fourth-order valence-electron chi connectivity index (χ4n) is 3.91. The number of nitrogens with one attached hydrogen (secondary N) is 1. The van der Waals surface area contributed by atoms with Crippen LogP contribution in [0.3, 0.4) is 0 Å². The molecule has 1 N–H and O–H groups in total. The minimum Gasteiger partial charge on any atom is -0.327 e. The number of carbonyl (C=O) groups is 1. The Hall–Kier alpha value is -2.35. The lowest BCUT2D eigenvalue weighted by Crippen LogP contribution is -2.44. The van der Waals surface area contributed by atoms with Gasteiger partial charge in [-0.05, 0) is 31.8 Å². The summed E-state index contributed by atoms with van der Waals surface area (Å²) in [5.41, 5.74) is 1.95. The zero-order valence-corrected chi connectivity index (χ0v) is 16.1. The number of urea groups is 1. The molecule has 0 bridgehead atoms. The molecular formula is C18H29N7O. The van der Waals surface area contributed by atoms with Gasteiger partial charge in [0.15, 0.2) is 0 Å². The van der Waals surface area contributed by atoms with E-state index >= 15 is 0 Å². The van der Waals surface area contributed by atoms with Crippen LogP contribution in [0.15, 0.2) is 24.8 Å². The summed E-state index contributed by atoms with van der Waals surface area (Å²) in [4.78, 5) is 16.8. The largest absolute Gasteiger partial charge is 0.327 e. The van der Waals surface area contributed by atoms with Crippen LogP contribution < -0.4 is 5.32 Å². The monoisotopic (exact) mass is 359 g/mol. The maximum absolute atomic E-state index is 12.5. The molecule has 142 valence electrons. The van der Waals surface area contributed by atoms with Crippen LogP contribution in [0.2, 0.25) is 0 Å². The Kier molecular flexibility index (Phi) is 5.61. The van der Waals surface area contributed by atoms with Crippen LogP contribution in [-0.4, -0.2) is 62.1 Å². The molecule has 2 amide bonds. The Morgan fingerprint density at radius 2 is 2.00 bits per heavy atom. The van der Waals surface area contributed by atoms with Crippen LogP contribution in [0, 0.1) is 5.92 Å². The van der Waals surface area contributed by atoms with Crippen molar-refractivity contribution in [1.82, 2.24) is 29.4 Å². The van der Waals surface area contributed by atoms with Crippen LogP contribution in [0.5, 0.6) is 0 Å². The molecule has 2 atom stereocenters. The Labute approximate surface area is 154 Å². The molecule has 26 heavy (non-hydrogen) atoms. The van der Waals surface area contributed by atoms with Gasteiger partial charge in [-0.25, -0.2) is 4.79 Å². The van der Waals surface area contributed by atoms with Crippen molar-refractivity contribution in [3.8, 4) is 0 Å². The smallest absolute Gasteiger partial charge is 0.321 e. The van der Waals surface area contributed by atoms with Crippen molar-refractivity contribution in [3.63, 3.8) is 0 Å². The molecule has 0 unspecified atom stereocenters. The predicted molar refractivity (Wildman–Crippen MR) is 101 cm³/mol. The molecule has 1 saturated heterocycles. The molecular weight excluding hydrogens is 330 g/mol. The molecule has 8 nitrogen and oxygen atoms in total. The maximum atomic E-state index is 12.5. The summed E-state index contributed by atoms with van der Waals surface area (Å²) in [6.07, 6.45) is 9.78. The van der Waals surface area contributed by atoms with Crippen molar-refractivity contribution < 1.29 is 4.79 Å². The Morgan fingerprint density at radius 1 is 1.27 bits per heavy atom. The Balaban J connectivity index is 1.69. The number of rotatable bonds is 5. The number of aryl methyl sites for hydroxylation is 2. The summed E-state index contributed by atoms with van der Waals surface area (Å²) in [6.45, 7) is 5.01. The third kappa shape index (κ3) is 4.07. The number of carbonyl (C=O) groups excluding carboxylic acids is 1. The van der Waals surface area contributed by atoms with Gasteiger partial charge in [0.1, 0.15) is 0 Å². The highest BCUT2D eigenvalue weighted by Crippen LogP contribution is 2.36. The summed E-state index contributed by atoms with van der Waals surface area (Å²) >= 11 is 0. The lowest BCUT2D eigenvalue weighted by atomic mass is 9.85. The first kappa shape index (κ1) is 18.4. The standard InChI is InChI=1S/C18H29N7O/c1-5-25-8-6-7-14(17(25)15-9-19-23(3)12-15)11-22(2)18(26)21-16-10-20-24(4)13-16/h9-10,12-14,17H,5-8,11H2,1-4H3,(H,21,26)/t14-,17+/m0/s1. The number of aromatic nitrogens is 4. The van der Waals surface area contributed by atoms with Crippen molar-refractivity contribution >= 4 is 11.7 Å². The zero-order chi connectivity index (χ0) is 18.7. The van der Waals surface area contributed by atoms with E-state index in [1.165, 1.54) is 5.56 Å². The van der Waals surface area contributed by atoms with Gasteiger partial charge < -0.3 is 10.2 Å². The molecule has 1 aliphatic rings. The van der Waals surface area contributed by atoms with Crippen LogP contribution in [-0.2, 0) is 14.1 Å². The number of nitrogens with zero attached hydrogens (tertiary/aromatic N) is 6. The van der Waals surface area contributed by atoms with Gasteiger partial charge >= 0.3 is 6.03 Å². The van der Waals surface area contributed by atoms with Crippen LogP contribution >= 0.6 is 0 Å². The lowest BCUT2D eigenvalue weighted by molar-refractivity contribution is 0.0828. The van der Waals surface area contributed by atoms with Gasteiger partial charge in [-0.2, -0.15) is 10.2 Å². The quantitative estimate of drug-likeness (QED) is 0.887. The van der Waals surface area contributed by atoms with E-state index in [9.17, 15) is 4.79 Å². The second-order valence-electron chi connectivity index (χ2n) is 7.14. The van der Waals surface area contributed by atoms with Crippen LogP contribution in [0.25, 0.3) is 0 Å². The highest BCUT2D eigenvalue weighted by molar-refractivity contribution is 5.88. The van der Waals surface area contributed by atoms with Crippen molar-refractivity contribution in [2.24, 2.45) is 20.0 Å². The van der Waals surface area contributed by atoms with E-state index in [0.717, 1.165) is 25.9 Å². The number of hydrogen-bond donors (Lipinski definition) is 1. The zero-order valence-electron chi connectivity index (χ0n) is 16.1. The number of hydrogen-bond acceptors (Lipinski definition) is 4. The van der Waals surface area contributed by atoms with Gasteiger partial charge in [-0.3, -0.25) is 14.3 Å². The highest BCUT2D eigenvalue weighted by Gasteiger charge is 2.34. The maximum Gasteiger partial charge on any atom is 0.321 e. The van der Waals surface area contributed by atoms with E-state index in [0.29, 0.717) is 24.2 Å².